The Morgan fingerprint density at radius 2 is 0.810 bits per heavy atom. The molecule has 5 rings (SSSR count). The highest BCUT2D eigenvalue weighted by atomic mass is 16.6. The number of nitrogens with zero attached hydrogens (tertiary/aromatic N) is 3. The van der Waals surface area contributed by atoms with Crippen LogP contribution in [0.3, 0.4) is 0 Å². The van der Waals surface area contributed by atoms with Crippen molar-refractivity contribution in [1.29, 1.82) is 0 Å². The first kappa shape index (κ1) is 29.5. The minimum absolute atomic E-state index is 0.293. The Kier molecular flexibility index (Phi) is 10.7. The molecule has 0 amide bonds. The van der Waals surface area contributed by atoms with Gasteiger partial charge in [-0.25, -0.2) is 0 Å². The molecule has 0 aliphatic heterocycles. The summed E-state index contributed by atoms with van der Waals surface area (Å²) in [5, 5.41) is 4.14. The molecule has 42 heavy (non-hydrogen) atoms. The predicted molar refractivity (Wildman–Crippen MR) is 161 cm³/mol. The van der Waals surface area contributed by atoms with Crippen LogP contribution in [0.25, 0.3) is 10.4 Å². The third-order valence-electron chi connectivity index (χ3n) is 7.41. The Labute approximate surface area is 246 Å². The van der Waals surface area contributed by atoms with Crippen LogP contribution in [0.5, 0.6) is 0 Å². The van der Waals surface area contributed by atoms with Gasteiger partial charge in [-0.2, -0.15) is 0 Å². The lowest BCUT2D eigenvalue weighted by atomic mass is 9.81. The molecule has 0 saturated heterocycles. The Morgan fingerprint density at radius 1 is 0.500 bits per heavy atom. The van der Waals surface area contributed by atoms with E-state index in [0.29, 0.717) is 26.4 Å². The SMILES string of the molecule is [N-]=[N+]=N[C@@H]1[C@@H](N)[C@H](OCc2ccccc2)[C@@H](OCc2ccccc2)[C@H](OCc2ccccc2)[C@H]1OCc1ccccc1. The number of nitrogens with two attached hydrogens (primary N) is 1. The molecular weight excluding hydrogens is 528 g/mol. The van der Waals surface area contributed by atoms with E-state index in [4.69, 9.17) is 24.7 Å². The summed E-state index contributed by atoms with van der Waals surface area (Å²) in [6.07, 6.45) is -2.58. The van der Waals surface area contributed by atoms with E-state index < -0.39 is 36.5 Å². The Hall–Kier alpha value is -4.01. The summed E-state index contributed by atoms with van der Waals surface area (Å²) in [7, 11) is 0. The summed E-state index contributed by atoms with van der Waals surface area (Å²) in [5.41, 5.74) is 20.4. The van der Waals surface area contributed by atoms with Crippen LogP contribution in [-0.4, -0.2) is 36.5 Å². The molecule has 2 N–H and O–H groups in total. The Balaban J connectivity index is 1.48. The van der Waals surface area contributed by atoms with E-state index in [-0.39, 0.29) is 0 Å². The van der Waals surface area contributed by atoms with E-state index in [2.05, 4.69) is 10.0 Å². The maximum absolute atomic E-state index is 9.58. The number of hydrogen-bond acceptors (Lipinski definition) is 6. The molecule has 1 fully saturated rings. The normalized spacial score (nSPS) is 23.6. The van der Waals surface area contributed by atoms with Gasteiger partial charge < -0.3 is 24.7 Å². The molecule has 8 heteroatoms. The number of ether oxygens (including phenoxy) is 4. The van der Waals surface area contributed by atoms with Crippen LogP contribution in [0.2, 0.25) is 0 Å². The van der Waals surface area contributed by atoms with Gasteiger partial charge in [-0.05, 0) is 27.8 Å². The second-order valence-electron chi connectivity index (χ2n) is 10.3. The zero-order valence-electron chi connectivity index (χ0n) is 23.4. The van der Waals surface area contributed by atoms with Crippen molar-refractivity contribution in [2.75, 3.05) is 0 Å². The smallest absolute Gasteiger partial charge is 0.114 e. The van der Waals surface area contributed by atoms with Crippen molar-refractivity contribution < 1.29 is 18.9 Å². The monoisotopic (exact) mass is 564 g/mol. The summed E-state index contributed by atoms with van der Waals surface area (Å²) >= 11 is 0. The maximum atomic E-state index is 9.58. The molecule has 1 aliphatic rings. The van der Waals surface area contributed by atoms with Gasteiger partial charge in [0.05, 0.1) is 38.6 Å². The van der Waals surface area contributed by atoms with Crippen molar-refractivity contribution in [3.8, 4) is 0 Å². The molecule has 0 aromatic heterocycles. The van der Waals surface area contributed by atoms with Gasteiger partial charge >= 0.3 is 0 Å². The van der Waals surface area contributed by atoms with E-state index in [1.807, 2.05) is 121 Å². The van der Waals surface area contributed by atoms with Gasteiger partial charge in [0.1, 0.15) is 18.3 Å². The summed E-state index contributed by atoms with van der Waals surface area (Å²) < 4.78 is 26.2. The first-order valence-electron chi connectivity index (χ1n) is 14.1. The summed E-state index contributed by atoms with van der Waals surface area (Å²) in [4.78, 5) is 3.15. The maximum Gasteiger partial charge on any atom is 0.114 e. The standard InChI is InChI=1S/C34H36N4O4/c35-29-30(37-38-36)32(40-22-26-15-7-2-8-16-26)34(42-24-28-19-11-4-12-20-28)33(41-23-27-17-9-3-10-18-27)31(29)39-21-25-13-5-1-6-14-25/h1-20,29-34H,21-24,35H2/t29-,30-,31+,32+,33-,34-/m1/s1. The molecule has 1 aliphatic carbocycles. The van der Waals surface area contributed by atoms with E-state index in [1.54, 1.807) is 0 Å². The van der Waals surface area contributed by atoms with Gasteiger partial charge in [0.25, 0.3) is 0 Å². The zero-order chi connectivity index (χ0) is 29.0. The van der Waals surface area contributed by atoms with Crippen molar-refractivity contribution >= 4 is 0 Å². The van der Waals surface area contributed by atoms with Crippen molar-refractivity contribution in [1.82, 2.24) is 0 Å². The number of azide groups is 1. The van der Waals surface area contributed by atoms with Crippen LogP contribution in [0.1, 0.15) is 22.3 Å². The molecule has 8 nitrogen and oxygen atoms in total. The van der Waals surface area contributed by atoms with Gasteiger partial charge in [0, 0.05) is 11.0 Å². The van der Waals surface area contributed by atoms with Crippen LogP contribution in [0.4, 0.5) is 0 Å². The average Bonchev–Trinajstić information content (AvgIpc) is 3.05. The van der Waals surface area contributed by atoms with Crippen LogP contribution in [-0.2, 0) is 45.4 Å². The van der Waals surface area contributed by atoms with E-state index in [1.165, 1.54) is 0 Å². The summed E-state index contributed by atoms with van der Waals surface area (Å²) in [6.45, 7) is 1.24. The number of rotatable bonds is 13. The molecule has 0 bridgehead atoms. The highest BCUT2D eigenvalue weighted by Crippen LogP contribution is 2.33. The van der Waals surface area contributed by atoms with Gasteiger partial charge in [0.15, 0.2) is 0 Å². The lowest BCUT2D eigenvalue weighted by Gasteiger charge is -2.48. The van der Waals surface area contributed by atoms with Crippen molar-refractivity contribution in [2.45, 2.75) is 62.9 Å². The average molecular weight is 565 g/mol. The quantitative estimate of drug-likeness (QED) is 0.116. The zero-order valence-corrected chi connectivity index (χ0v) is 23.4. The van der Waals surface area contributed by atoms with Gasteiger partial charge in [-0.1, -0.05) is 126 Å². The van der Waals surface area contributed by atoms with Gasteiger partial charge in [-0.3, -0.25) is 0 Å². The number of hydrogen-bond donors (Lipinski definition) is 1. The topological polar surface area (TPSA) is 112 Å². The highest BCUT2D eigenvalue weighted by Gasteiger charge is 2.52. The second kappa shape index (κ2) is 15.3. The van der Waals surface area contributed by atoms with E-state index >= 15 is 0 Å². The molecule has 0 radical (unpaired) electrons. The van der Waals surface area contributed by atoms with Crippen molar-refractivity contribution in [3.63, 3.8) is 0 Å². The minimum Gasteiger partial charge on any atom is -0.370 e. The molecule has 4 aromatic carbocycles. The second-order valence-corrected chi connectivity index (χ2v) is 10.3. The molecule has 0 heterocycles. The van der Waals surface area contributed by atoms with Gasteiger partial charge in [0.2, 0.25) is 0 Å². The highest BCUT2D eigenvalue weighted by molar-refractivity contribution is 5.18. The van der Waals surface area contributed by atoms with Crippen molar-refractivity contribution in [3.05, 3.63) is 154 Å². The fourth-order valence-electron chi connectivity index (χ4n) is 5.25. The summed E-state index contributed by atoms with van der Waals surface area (Å²) in [5.74, 6) is 0. The van der Waals surface area contributed by atoms with Gasteiger partial charge in [-0.15, -0.1) is 0 Å². The van der Waals surface area contributed by atoms with Crippen molar-refractivity contribution in [2.24, 2.45) is 10.8 Å². The molecule has 4 aromatic rings. The first-order chi connectivity index (χ1) is 20.7. The van der Waals surface area contributed by atoms with Crippen LogP contribution >= 0.6 is 0 Å². The third kappa shape index (κ3) is 7.84. The predicted octanol–water partition coefficient (Wildman–Crippen LogP) is 6.35. The van der Waals surface area contributed by atoms with Crippen LogP contribution < -0.4 is 5.73 Å². The van der Waals surface area contributed by atoms with Crippen LogP contribution in [0, 0.1) is 0 Å². The third-order valence-corrected chi connectivity index (χ3v) is 7.41. The first-order valence-corrected chi connectivity index (χ1v) is 14.1. The minimum atomic E-state index is -0.753. The molecule has 0 spiro atoms. The van der Waals surface area contributed by atoms with Crippen LogP contribution in [0.15, 0.2) is 126 Å². The lowest BCUT2D eigenvalue weighted by molar-refractivity contribution is -0.223. The molecular formula is C34H36N4O4. The molecule has 6 atom stereocenters. The number of benzene rings is 4. The molecule has 216 valence electrons. The Bertz CT molecular complexity index is 1390. The molecule has 1 saturated carbocycles. The summed E-state index contributed by atoms with van der Waals surface area (Å²) in [6, 6.07) is 38.1. The Morgan fingerprint density at radius 3 is 1.17 bits per heavy atom. The van der Waals surface area contributed by atoms with E-state index in [9.17, 15) is 5.53 Å². The fourth-order valence-corrected chi connectivity index (χ4v) is 5.25. The lowest BCUT2D eigenvalue weighted by Crippen LogP contribution is -2.68. The van der Waals surface area contributed by atoms with E-state index in [0.717, 1.165) is 22.3 Å². The fraction of sp³-hybridized carbons (Fsp3) is 0.294. The largest absolute Gasteiger partial charge is 0.370 e. The molecule has 0 unspecified atom stereocenters.